The third-order valence-electron chi connectivity index (χ3n) is 2.36. The van der Waals surface area contributed by atoms with Crippen molar-refractivity contribution in [2.75, 3.05) is 0 Å². The summed E-state index contributed by atoms with van der Waals surface area (Å²) in [5, 5.41) is 9.12. The fourth-order valence-electron chi connectivity index (χ4n) is 1.42. The van der Waals surface area contributed by atoms with Gasteiger partial charge in [0.25, 0.3) is 0 Å². The Balaban J connectivity index is 2.69. The Morgan fingerprint density at radius 3 is 2.60 bits per heavy atom. The third kappa shape index (κ3) is 4.30. The smallest absolute Gasteiger partial charge is 0.0546 e. The van der Waals surface area contributed by atoms with Gasteiger partial charge in [-0.1, -0.05) is 50.3 Å². The monoisotopic (exact) mass is 204 g/mol. The largest absolute Gasteiger partial charge is 0.393 e. The van der Waals surface area contributed by atoms with Gasteiger partial charge in [-0.25, -0.2) is 0 Å². The molecular weight excluding hydrogens is 184 g/mol. The number of hydrogen-bond acceptors (Lipinski definition) is 1. The molecule has 1 atom stereocenters. The van der Waals surface area contributed by atoms with Gasteiger partial charge in [0.1, 0.15) is 0 Å². The molecule has 0 fully saturated rings. The van der Waals surface area contributed by atoms with Crippen molar-refractivity contribution in [1.29, 1.82) is 0 Å². The summed E-state index contributed by atoms with van der Waals surface area (Å²) < 4.78 is 0. The Morgan fingerprint density at radius 1 is 1.27 bits per heavy atom. The van der Waals surface area contributed by atoms with Gasteiger partial charge in [-0.15, -0.1) is 0 Å². The van der Waals surface area contributed by atoms with Gasteiger partial charge in [-0.05, 0) is 30.4 Å². The van der Waals surface area contributed by atoms with Crippen molar-refractivity contribution in [2.24, 2.45) is 0 Å². The van der Waals surface area contributed by atoms with E-state index in [4.69, 9.17) is 5.11 Å². The molecule has 0 amide bonds. The number of aliphatic hydroxyl groups is 1. The van der Waals surface area contributed by atoms with Gasteiger partial charge in [-0.3, -0.25) is 0 Å². The molecule has 1 rings (SSSR count). The third-order valence-corrected chi connectivity index (χ3v) is 2.36. The molecule has 0 aliphatic rings. The SMILES string of the molecule is CC(C)c1cccc(/C=C/C[C@@H](C)O)c1. The van der Waals surface area contributed by atoms with Crippen molar-refractivity contribution in [1.82, 2.24) is 0 Å². The summed E-state index contributed by atoms with van der Waals surface area (Å²) in [4.78, 5) is 0. The normalized spacial score (nSPS) is 13.7. The lowest BCUT2D eigenvalue weighted by atomic mass is 10.0. The fourth-order valence-corrected chi connectivity index (χ4v) is 1.42. The van der Waals surface area contributed by atoms with Crippen LogP contribution in [0.15, 0.2) is 30.3 Å². The lowest BCUT2D eigenvalue weighted by molar-refractivity contribution is 0.199. The molecule has 0 unspecified atom stereocenters. The van der Waals surface area contributed by atoms with E-state index in [2.05, 4.69) is 44.2 Å². The summed E-state index contributed by atoms with van der Waals surface area (Å²) in [5.41, 5.74) is 2.57. The van der Waals surface area contributed by atoms with E-state index in [0.717, 1.165) is 0 Å². The minimum Gasteiger partial charge on any atom is -0.393 e. The Kier molecular flexibility index (Phi) is 4.57. The summed E-state index contributed by atoms with van der Waals surface area (Å²) in [6, 6.07) is 8.52. The molecule has 1 aromatic carbocycles. The van der Waals surface area contributed by atoms with E-state index in [-0.39, 0.29) is 6.10 Å². The molecule has 0 saturated heterocycles. The molecule has 0 radical (unpaired) electrons. The Hall–Kier alpha value is -1.08. The van der Waals surface area contributed by atoms with Crippen molar-refractivity contribution in [3.63, 3.8) is 0 Å². The maximum absolute atomic E-state index is 9.12. The molecule has 0 saturated carbocycles. The predicted octanol–water partition coefficient (Wildman–Crippen LogP) is 3.59. The van der Waals surface area contributed by atoms with E-state index in [1.165, 1.54) is 11.1 Å². The number of hydrogen-bond donors (Lipinski definition) is 1. The zero-order chi connectivity index (χ0) is 11.3. The van der Waals surface area contributed by atoms with E-state index in [1.54, 1.807) is 6.92 Å². The van der Waals surface area contributed by atoms with Crippen molar-refractivity contribution in [2.45, 2.75) is 39.2 Å². The van der Waals surface area contributed by atoms with Gasteiger partial charge in [-0.2, -0.15) is 0 Å². The highest BCUT2D eigenvalue weighted by atomic mass is 16.3. The van der Waals surface area contributed by atoms with Crippen LogP contribution in [0, 0.1) is 0 Å². The van der Waals surface area contributed by atoms with Gasteiger partial charge >= 0.3 is 0 Å². The first-order chi connectivity index (χ1) is 7.09. The lowest BCUT2D eigenvalue weighted by Gasteiger charge is -2.05. The quantitative estimate of drug-likeness (QED) is 0.794. The van der Waals surface area contributed by atoms with Gasteiger partial charge < -0.3 is 5.11 Å². The summed E-state index contributed by atoms with van der Waals surface area (Å²) in [6.07, 6.45) is 4.55. The van der Waals surface area contributed by atoms with Crippen LogP contribution in [-0.4, -0.2) is 11.2 Å². The van der Waals surface area contributed by atoms with Crippen LogP contribution >= 0.6 is 0 Å². The van der Waals surface area contributed by atoms with E-state index in [1.807, 2.05) is 6.08 Å². The molecule has 0 aromatic heterocycles. The summed E-state index contributed by atoms with van der Waals surface area (Å²) in [7, 11) is 0. The molecule has 15 heavy (non-hydrogen) atoms. The molecule has 1 N–H and O–H groups in total. The molecule has 0 bridgehead atoms. The Labute approximate surface area is 92.5 Å². The minimum atomic E-state index is -0.255. The standard InChI is InChI=1S/C14H20O/c1-11(2)14-9-5-8-13(10-14)7-4-6-12(3)15/h4-5,7-12,15H,6H2,1-3H3/b7-4+/t12-/m1/s1. The second-order valence-corrected chi connectivity index (χ2v) is 4.31. The van der Waals surface area contributed by atoms with Crippen molar-refractivity contribution in [3.8, 4) is 0 Å². The zero-order valence-electron chi connectivity index (χ0n) is 9.77. The minimum absolute atomic E-state index is 0.255. The van der Waals surface area contributed by atoms with Gasteiger partial charge in [0.15, 0.2) is 0 Å². The molecule has 0 aliphatic carbocycles. The average molecular weight is 204 g/mol. The van der Waals surface area contributed by atoms with Crippen LogP contribution in [0.2, 0.25) is 0 Å². The second kappa shape index (κ2) is 5.72. The molecular formula is C14H20O. The highest BCUT2D eigenvalue weighted by Crippen LogP contribution is 2.16. The maximum Gasteiger partial charge on any atom is 0.0546 e. The lowest BCUT2D eigenvalue weighted by Crippen LogP contribution is -1.95. The molecule has 0 heterocycles. The van der Waals surface area contributed by atoms with Crippen LogP contribution in [0.4, 0.5) is 0 Å². The van der Waals surface area contributed by atoms with Crippen molar-refractivity contribution >= 4 is 6.08 Å². The molecule has 0 spiro atoms. The van der Waals surface area contributed by atoms with Crippen LogP contribution in [0.5, 0.6) is 0 Å². The van der Waals surface area contributed by atoms with E-state index in [0.29, 0.717) is 12.3 Å². The first-order valence-corrected chi connectivity index (χ1v) is 5.54. The Morgan fingerprint density at radius 2 is 2.00 bits per heavy atom. The second-order valence-electron chi connectivity index (χ2n) is 4.31. The molecule has 1 aromatic rings. The zero-order valence-corrected chi connectivity index (χ0v) is 9.77. The van der Waals surface area contributed by atoms with Crippen molar-refractivity contribution in [3.05, 3.63) is 41.5 Å². The van der Waals surface area contributed by atoms with Crippen LogP contribution in [0.3, 0.4) is 0 Å². The van der Waals surface area contributed by atoms with E-state index < -0.39 is 0 Å². The first kappa shape index (κ1) is 12.0. The fraction of sp³-hybridized carbons (Fsp3) is 0.429. The summed E-state index contributed by atoms with van der Waals surface area (Å²) >= 11 is 0. The molecule has 1 nitrogen and oxygen atoms in total. The van der Waals surface area contributed by atoms with E-state index in [9.17, 15) is 0 Å². The number of aliphatic hydroxyl groups excluding tert-OH is 1. The predicted molar refractivity (Wildman–Crippen MR) is 65.9 cm³/mol. The van der Waals surface area contributed by atoms with Crippen molar-refractivity contribution < 1.29 is 5.11 Å². The molecule has 0 aliphatic heterocycles. The van der Waals surface area contributed by atoms with Crippen LogP contribution in [0.25, 0.3) is 6.08 Å². The summed E-state index contributed by atoms with van der Waals surface area (Å²) in [6.45, 7) is 6.19. The number of benzene rings is 1. The van der Waals surface area contributed by atoms with Crippen LogP contribution in [-0.2, 0) is 0 Å². The van der Waals surface area contributed by atoms with E-state index >= 15 is 0 Å². The van der Waals surface area contributed by atoms with Crippen LogP contribution < -0.4 is 0 Å². The van der Waals surface area contributed by atoms with Gasteiger partial charge in [0.05, 0.1) is 6.10 Å². The highest BCUT2D eigenvalue weighted by Gasteiger charge is 1.98. The highest BCUT2D eigenvalue weighted by molar-refractivity contribution is 5.50. The molecule has 82 valence electrons. The number of rotatable bonds is 4. The van der Waals surface area contributed by atoms with Gasteiger partial charge in [0, 0.05) is 0 Å². The Bertz CT molecular complexity index is 324. The van der Waals surface area contributed by atoms with Gasteiger partial charge in [0.2, 0.25) is 0 Å². The molecule has 1 heteroatoms. The van der Waals surface area contributed by atoms with Crippen LogP contribution in [0.1, 0.15) is 44.2 Å². The topological polar surface area (TPSA) is 20.2 Å². The average Bonchev–Trinajstić information content (AvgIpc) is 2.17. The maximum atomic E-state index is 9.12. The first-order valence-electron chi connectivity index (χ1n) is 5.54. The summed E-state index contributed by atoms with van der Waals surface area (Å²) in [5.74, 6) is 0.565.